The fourth-order valence-corrected chi connectivity index (χ4v) is 1.41. The lowest BCUT2D eigenvalue weighted by atomic mass is 10.2. The summed E-state index contributed by atoms with van der Waals surface area (Å²) < 4.78 is 2.02. The standard InChI is InChI=1S/C11H12N3/c1-9-4-3-5-13-11(9)10-8-12-6-7-14(10)2/h3-8H,1-2H3/q+1. The second-order valence-corrected chi connectivity index (χ2v) is 3.24. The lowest BCUT2D eigenvalue weighted by Gasteiger charge is -2.00. The Hall–Kier alpha value is -1.77. The minimum Gasteiger partial charge on any atom is -0.251 e. The van der Waals surface area contributed by atoms with E-state index < -0.39 is 0 Å². The van der Waals surface area contributed by atoms with Crippen LogP contribution in [0.5, 0.6) is 0 Å². The van der Waals surface area contributed by atoms with Crippen molar-refractivity contribution in [2.24, 2.45) is 7.05 Å². The van der Waals surface area contributed by atoms with E-state index in [1.807, 2.05) is 30.1 Å². The molecule has 0 saturated heterocycles. The number of pyridine rings is 1. The molecule has 0 radical (unpaired) electrons. The Morgan fingerprint density at radius 3 is 2.86 bits per heavy atom. The van der Waals surface area contributed by atoms with Crippen molar-refractivity contribution >= 4 is 0 Å². The lowest BCUT2D eigenvalue weighted by Crippen LogP contribution is -2.31. The first kappa shape index (κ1) is 8.81. The molecule has 3 nitrogen and oxygen atoms in total. The minimum absolute atomic E-state index is 0.989. The summed E-state index contributed by atoms with van der Waals surface area (Å²) in [6.45, 7) is 2.05. The van der Waals surface area contributed by atoms with Crippen LogP contribution in [0.25, 0.3) is 11.4 Å². The molecule has 0 spiro atoms. The second kappa shape index (κ2) is 3.54. The van der Waals surface area contributed by atoms with E-state index >= 15 is 0 Å². The maximum atomic E-state index is 4.35. The first-order valence-electron chi connectivity index (χ1n) is 4.50. The summed E-state index contributed by atoms with van der Waals surface area (Å²) >= 11 is 0. The van der Waals surface area contributed by atoms with Crippen LogP contribution in [-0.2, 0) is 7.05 Å². The van der Waals surface area contributed by atoms with Gasteiger partial charge in [0.25, 0.3) is 0 Å². The quantitative estimate of drug-likeness (QED) is 0.628. The molecular formula is C11H12N3+. The molecule has 0 fully saturated rings. The summed E-state index contributed by atoms with van der Waals surface area (Å²) in [5.74, 6) is 0. The van der Waals surface area contributed by atoms with Crippen LogP contribution in [0.2, 0.25) is 0 Å². The van der Waals surface area contributed by atoms with Crippen molar-refractivity contribution in [3.63, 3.8) is 0 Å². The maximum absolute atomic E-state index is 4.35. The van der Waals surface area contributed by atoms with Gasteiger partial charge in [0.15, 0.2) is 6.20 Å². The van der Waals surface area contributed by atoms with Gasteiger partial charge in [0.1, 0.15) is 18.9 Å². The van der Waals surface area contributed by atoms with Crippen LogP contribution in [0.15, 0.2) is 36.9 Å². The smallest absolute Gasteiger partial charge is 0.249 e. The van der Waals surface area contributed by atoms with E-state index in [1.165, 1.54) is 0 Å². The van der Waals surface area contributed by atoms with Crippen molar-refractivity contribution in [1.29, 1.82) is 0 Å². The van der Waals surface area contributed by atoms with Gasteiger partial charge in [-0.15, -0.1) is 0 Å². The fraction of sp³-hybridized carbons (Fsp3) is 0.182. The number of aryl methyl sites for hydroxylation is 2. The third-order valence-corrected chi connectivity index (χ3v) is 2.21. The van der Waals surface area contributed by atoms with Gasteiger partial charge in [0.05, 0.1) is 6.20 Å². The molecule has 2 aromatic heterocycles. The topological polar surface area (TPSA) is 29.7 Å². The van der Waals surface area contributed by atoms with Crippen LogP contribution >= 0.6 is 0 Å². The Bertz CT molecular complexity index is 408. The van der Waals surface area contributed by atoms with Crippen LogP contribution < -0.4 is 4.57 Å². The summed E-state index contributed by atoms with van der Waals surface area (Å²) in [7, 11) is 1.99. The third kappa shape index (κ3) is 1.48. The highest BCUT2D eigenvalue weighted by Crippen LogP contribution is 2.14. The molecule has 2 heterocycles. The van der Waals surface area contributed by atoms with Crippen LogP contribution in [0, 0.1) is 6.92 Å². The Morgan fingerprint density at radius 1 is 1.29 bits per heavy atom. The Kier molecular flexibility index (Phi) is 2.23. The van der Waals surface area contributed by atoms with Crippen molar-refractivity contribution < 1.29 is 4.57 Å². The van der Waals surface area contributed by atoms with Crippen molar-refractivity contribution in [3.8, 4) is 11.4 Å². The van der Waals surface area contributed by atoms with Gasteiger partial charge in [-0.3, -0.25) is 4.98 Å². The van der Waals surface area contributed by atoms with Crippen LogP contribution in [-0.4, -0.2) is 9.97 Å². The summed E-state index contributed by atoms with van der Waals surface area (Å²) in [5.41, 5.74) is 3.19. The van der Waals surface area contributed by atoms with Crippen molar-refractivity contribution in [2.45, 2.75) is 6.92 Å². The monoisotopic (exact) mass is 186 g/mol. The van der Waals surface area contributed by atoms with Gasteiger partial charge in [0, 0.05) is 6.20 Å². The zero-order valence-corrected chi connectivity index (χ0v) is 8.31. The first-order valence-corrected chi connectivity index (χ1v) is 4.50. The van der Waals surface area contributed by atoms with E-state index in [0.717, 1.165) is 17.0 Å². The minimum atomic E-state index is 0.989. The summed E-state index contributed by atoms with van der Waals surface area (Å²) in [4.78, 5) is 8.45. The van der Waals surface area contributed by atoms with Gasteiger partial charge in [-0.1, -0.05) is 6.07 Å². The van der Waals surface area contributed by atoms with E-state index in [0.29, 0.717) is 0 Å². The van der Waals surface area contributed by atoms with Gasteiger partial charge in [-0.2, -0.15) is 4.57 Å². The SMILES string of the molecule is Cc1cccnc1-c1cncc[n+]1C. The van der Waals surface area contributed by atoms with E-state index in [4.69, 9.17) is 0 Å². The van der Waals surface area contributed by atoms with Gasteiger partial charge in [-0.25, -0.2) is 4.98 Å². The van der Waals surface area contributed by atoms with Gasteiger partial charge in [0.2, 0.25) is 5.69 Å². The maximum Gasteiger partial charge on any atom is 0.249 e. The second-order valence-electron chi connectivity index (χ2n) is 3.24. The molecule has 0 aliphatic carbocycles. The molecule has 0 amide bonds. The van der Waals surface area contributed by atoms with Gasteiger partial charge >= 0.3 is 0 Å². The molecule has 3 heteroatoms. The zero-order valence-electron chi connectivity index (χ0n) is 8.31. The van der Waals surface area contributed by atoms with Crippen LogP contribution in [0.3, 0.4) is 0 Å². The highest BCUT2D eigenvalue weighted by molar-refractivity contribution is 5.53. The molecule has 0 N–H and O–H groups in total. The molecule has 0 aliphatic heterocycles. The Balaban J connectivity index is 2.61. The predicted molar refractivity (Wildman–Crippen MR) is 53.4 cm³/mol. The van der Waals surface area contributed by atoms with E-state index in [2.05, 4.69) is 23.0 Å². The predicted octanol–water partition coefficient (Wildman–Crippen LogP) is 1.28. The summed E-state index contributed by atoms with van der Waals surface area (Å²) in [5, 5.41) is 0. The largest absolute Gasteiger partial charge is 0.251 e. The van der Waals surface area contributed by atoms with E-state index in [1.54, 1.807) is 12.4 Å². The Morgan fingerprint density at radius 2 is 2.14 bits per heavy atom. The number of hydrogen-bond acceptors (Lipinski definition) is 2. The normalized spacial score (nSPS) is 10.1. The van der Waals surface area contributed by atoms with Crippen LogP contribution in [0.4, 0.5) is 0 Å². The zero-order chi connectivity index (χ0) is 9.97. The first-order chi connectivity index (χ1) is 6.79. The molecular weight excluding hydrogens is 174 g/mol. The lowest BCUT2D eigenvalue weighted by molar-refractivity contribution is -0.661. The fourth-order valence-electron chi connectivity index (χ4n) is 1.41. The third-order valence-electron chi connectivity index (χ3n) is 2.21. The van der Waals surface area contributed by atoms with Gasteiger partial charge < -0.3 is 0 Å². The number of nitrogens with zero attached hydrogens (tertiary/aromatic N) is 3. The number of aromatic nitrogens is 3. The summed E-state index contributed by atoms with van der Waals surface area (Å²) in [6.07, 6.45) is 7.32. The molecule has 2 aromatic rings. The highest BCUT2D eigenvalue weighted by atomic mass is 15.0. The molecule has 0 aromatic carbocycles. The van der Waals surface area contributed by atoms with Crippen molar-refractivity contribution in [2.75, 3.05) is 0 Å². The Labute approximate surface area is 83.1 Å². The molecule has 70 valence electrons. The van der Waals surface area contributed by atoms with Crippen molar-refractivity contribution in [3.05, 3.63) is 42.5 Å². The average Bonchev–Trinajstić information content (AvgIpc) is 2.20. The van der Waals surface area contributed by atoms with E-state index in [-0.39, 0.29) is 0 Å². The molecule has 0 bridgehead atoms. The van der Waals surface area contributed by atoms with E-state index in [9.17, 15) is 0 Å². The molecule has 0 saturated carbocycles. The number of hydrogen-bond donors (Lipinski definition) is 0. The van der Waals surface area contributed by atoms with Crippen LogP contribution in [0.1, 0.15) is 5.56 Å². The molecule has 0 atom stereocenters. The van der Waals surface area contributed by atoms with Gasteiger partial charge in [-0.05, 0) is 18.6 Å². The molecule has 14 heavy (non-hydrogen) atoms. The van der Waals surface area contributed by atoms with Crippen molar-refractivity contribution in [1.82, 2.24) is 9.97 Å². The molecule has 2 rings (SSSR count). The average molecular weight is 186 g/mol. The highest BCUT2D eigenvalue weighted by Gasteiger charge is 2.12. The molecule has 0 unspecified atom stereocenters. The molecule has 0 aliphatic rings. The summed E-state index contributed by atoms with van der Waals surface area (Å²) in [6, 6.07) is 3.99. The number of rotatable bonds is 1.